The van der Waals surface area contributed by atoms with Crippen molar-refractivity contribution in [1.29, 1.82) is 0 Å². The Morgan fingerprint density at radius 1 is 0.746 bits per heavy atom. The van der Waals surface area contributed by atoms with Crippen LogP contribution in [-0.2, 0) is 19.3 Å². The molecule has 0 aliphatic carbocycles. The molecule has 4 atom stereocenters. The molecule has 2 fully saturated rings. The number of nitro groups is 1. The van der Waals surface area contributed by atoms with Crippen molar-refractivity contribution >= 4 is 71.3 Å². The summed E-state index contributed by atoms with van der Waals surface area (Å²) in [5.41, 5.74) is 8.60. The fourth-order valence-electron chi connectivity index (χ4n) is 8.25. The first-order valence-electron chi connectivity index (χ1n) is 20.1. The van der Waals surface area contributed by atoms with Crippen LogP contribution in [0.2, 0.25) is 0 Å². The van der Waals surface area contributed by atoms with E-state index in [1.54, 1.807) is 53.3 Å². The molecule has 0 bridgehead atoms. The third kappa shape index (κ3) is 10.3. The number of methoxy groups -OCH3 is 2. The fourth-order valence-corrected chi connectivity index (χ4v) is 8.25. The summed E-state index contributed by atoms with van der Waals surface area (Å²) < 4.78 is 37.0. The van der Waals surface area contributed by atoms with Gasteiger partial charge in [0.25, 0.3) is 11.8 Å². The normalized spacial score (nSPS) is 21.2. The molecule has 4 aromatic carbocycles. The van der Waals surface area contributed by atoms with E-state index in [0.29, 0.717) is 60.8 Å². The van der Waals surface area contributed by atoms with Crippen molar-refractivity contribution in [2.45, 2.75) is 75.7 Å². The second kappa shape index (κ2) is 20.5. The molecule has 4 aliphatic heterocycles. The van der Waals surface area contributed by atoms with Crippen LogP contribution in [0, 0.1) is 21.7 Å². The van der Waals surface area contributed by atoms with Crippen molar-refractivity contribution in [2.24, 2.45) is 10.3 Å². The second-order valence-corrected chi connectivity index (χ2v) is 19.7. The van der Waals surface area contributed by atoms with Crippen LogP contribution in [0.15, 0.2) is 95.2 Å². The van der Waals surface area contributed by atoms with E-state index in [1.807, 2.05) is 26.0 Å². The maximum atomic E-state index is 13.4. The molecule has 8 rings (SSSR count). The Bertz CT molecular complexity index is 2380. The molecule has 14 nitrogen and oxygen atoms in total. The summed E-state index contributed by atoms with van der Waals surface area (Å²) in [4.78, 5) is 52.4. The van der Waals surface area contributed by atoms with Gasteiger partial charge in [-0.1, -0.05) is 40.6 Å². The third-order valence-electron chi connectivity index (χ3n) is 11.7. The van der Waals surface area contributed by atoms with Gasteiger partial charge >= 0.3 is 42.4 Å². The molecular formula is C44H46Cl2F2N6O8Sn. The van der Waals surface area contributed by atoms with Crippen LogP contribution in [0.5, 0.6) is 11.5 Å². The number of ether oxygens (including phenoxy) is 2. The van der Waals surface area contributed by atoms with Gasteiger partial charge in [-0.3, -0.25) is 19.7 Å². The number of nitro benzene ring substituents is 1. The number of anilines is 1. The van der Waals surface area contributed by atoms with E-state index in [1.165, 1.54) is 43.5 Å². The van der Waals surface area contributed by atoms with Crippen LogP contribution in [0.3, 0.4) is 0 Å². The van der Waals surface area contributed by atoms with Crippen LogP contribution in [0.25, 0.3) is 0 Å². The third-order valence-corrected chi connectivity index (χ3v) is 11.7. The van der Waals surface area contributed by atoms with Gasteiger partial charge in [-0.15, -0.1) is 0 Å². The minimum absolute atomic E-state index is 0.0817. The number of nitrogen functional groups attached to an aromatic ring is 1. The van der Waals surface area contributed by atoms with Crippen molar-refractivity contribution in [2.75, 3.05) is 33.0 Å². The molecule has 332 valence electrons. The van der Waals surface area contributed by atoms with E-state index in [-0.39, 0.29) is 53.4 Å². The topological polar surface area (TPSA) is 171 Å². The molecule has 2 amide bonds. The van der Waals surface area contributed by atoms with Crippen LogP contribution in [0.1, 0.15) is 86.7 Å². The van der Waals surface area contributed by atoms with Crippen molar-refractivity contribution in [3.05, 3.63) is 129 Å². The van der Waals surface area contributed by atoms with E-state index in [4.69, 9.17) is 42.7 Å². The van der Waals surface area contributed by atoms with E-state index < -0.39 is 35.0 Å². The number of carbonyl (C=O) groups is 2. The Hall–Kier alpha value is -5.20. The van der Waals surface area contributed by atoms with Gasteiger partial charge in [-0.05, 0) is 86.3 Å². The Kier molecular flexibility index (Phi) is 15.4. The number of nitrogens with two attached hydrogens (primary N) is 1. The average Bonchev–Trinajstić information content (AvgIpc) is 3.92. The molecule has 4 heterocycles. The monoisotopic (exact) mass is 1010 g/mol. The summed E-state index contributed by atoms with van der Waals surface area (Å²) in [5, 5.41) is 19.5. The minimum atomic E-state index is -1.10. The Morgan fingerprint density at radius 2 is 1.16 bits per heavy atom. The summed E-state index contributed by atoms with van der Waals surface area (Å²) in [7, 11) is 12.8. The zero-order valence-electron chi connectivity index (χ0n) is 35.0. The number of piperidine rings is 2. The summed E-state index contributed by atoms with van der Waals surface area (Å²) in [6.07, 6.45) is 3.34. The van der Waals surface area contributed by atoms with Crippen LogP contribution >= 0.6 is 17.8 Å². The molecular weight excluding hydrogens is 968 g/mol. The standard InChI is InChI=1S/C22H22FN3O5.C22H24FN3O3.2ClH.Sn/c1-14(15-4-7-17(23)8-5-15)25-11-3-10-22(21(25)27)13-18(24-31-22)16-6-9-19(26(28)29)20(12-16)30-2;1-14(15-4-7-17(23)8-5-15)26-11-3-10-22(21(26)27)13-19(25-29-22)16-6-9-18(24)20(12-16)28-2;;;/h4-9,12,14H,3,10-11,13H2,1-2H3;4-9,12,14H,3,10-11,13,24H2,1-2H3;2*1H;/q;;;;+2/p-2. The van der Waals surface area contributed by atoms with Gasteiger partial charge in [0.15, 0.2) is 5.75 Å². The van der Waals surface area contributed by atoms with Gasteiger partial charge in [0.1, 0.15) is 17.4 Å². The SMILES string of the molecule is COc1cc(C2=NOC3(CCCN(C(C)c4ccc(F)cc4)C3=O)C2)ccc1N.COc1cc(C2=NOC3(CCCN(C(C)c4ccc(F)cc4)C3=O)C2)ccc1[N+](=O)[O-].[Cl][Sn][Cl]. The molecule has 63 heavy (non-hydrogen) atoms. The first kappa shape index (κ1) is 47.3. The second-order valence-electron chi connectivity index (χ2n) is 15.4. The molecule has 2 radical (unpaired) electrons. The summed E-state index contributed by atoms with van der Waals surface area (Å²) in [6, 6.07) is 21.8. The number of rotatable bonds is 9. The Labute approximate surface area is 381 Å². The first-order chi connectivity index (χ1) is 30.2. The summed E-state index contributed by atoms with van der Waals surface area (Å²) in [5.74, 6) is -0.183. The molecule has 0 aromatic heterocycles. The van der Waals surface area contributed by atoms with Crippen LogP contribution in [0.4, 0.5) is 20.2 Å². The van der Waals surface area contributed by atoms with E-state index in [0.717, 1.165) is 29.5 Å². The molecule has 2 spiro atoms. The summed E-state index contributed by atoms with van der Waals surface area (Å²) in [6.45, 7) is 5.06. The number of likely N-dealkylation sites (tertiary alicyclic amines) is 2. The van der Waals surface area contributed by atoms with Gasteiger partial charge in [0.05, 0.1) is 48.3 Å². The molecule has 4 unspecified atom stereocenters. The number of halogens is 4. The van der Waals surface area contributed by atoms with Crippen molar-refractivity contribution in [3.63, 3.8) is 0 Å². The van der Waals surface area contributed by atoms with Crippen molar-refractivity contribution in [3.8, 4) is 11.5 Å². The predicted molar refractivity (Wildman–Crippen MR) is 236 cm³/mol. The molecule has 2 N–H and O–H groups in total. The van der Waals surface area contributed by atoms with Crippen molar-refractivity contribution in [1.82, 2.24) is 9.80 Å². The molecule has 19 heteroatoms. The van der Waals surface area contributed by atoms with Gasteiger partial charge in [0, 0.05) is 56.0 Å². The summed E-state index contributed by atoms with van der Waals surface area (Å²) >= 11 is -0.826. The Balaban J connectivity index is 0.000000198. The number of nitrogens with zero attached hydrogens (tertiary/aromatic N) is 5. The quantitative estimate of drug-likeness (QED) is 0.0746. The number of hydrogen-bond donors (Lipinski definition) is 1. The van der Waals surface area contributed by atoms with Crippen LogP contribution in [-0.4, -0.2) is 95.4 Å². The zero-order chi connectivity index (χ0) is 45.5. The van der Waals surface area contributed by atoms with Gasteiger partial charge in [-0.25, -0.2) is 8.78 Å². The van der Waals surface area contributed by atoms with Crippen LogP contribution < -0.4 is 15.2 Å². The van der Waals surface area contributed by atoms with E-state index in [2.05, 4.69) is 10.3 Å². The fraction of sp³-hybridized carbons (Fsp3) is 0.364. The van der Waals surface area contributed by atoms with Gasteiger partial charge < -0.3 is 34.7 Å². The number of hydrogen-bond acceptors (Lipinski definition) is 11. The van der Waals surface area contributed by atoms with Crippen molar-refractivity contribution < 1.29 is 42.4 Å². The van der Waals surface area contributed by atoms with Gasteiger partial charge in [0.2, 0.25) is 11.2 Å². The number of carbonyl (C=O) groups excluding carboxylic acids is 2. The first-order valence-corrected chi connectivity index (χ1v) is 27.3. The van der Waals surface area contributed by atoms with Gasteiger partial charge in [-0.2, -0.15) is 0 Å². The maximum absolute atomic E-state index is 13.4. The van der Waals surface area contributed by atoms with E-state index >= 15 is 0 Å². The number of oxime groups is 2. The molecule has 4 aliphatic rings. The zero-order valence-corrected chi connectivity index (χ0v) is 39.4. The number of amides is 2. The van der Waals surface area contributed by atoms with E-state index in [9.17, 15) is 28.5 Å². The average molecular weight is 1010 g/mol. The Morgan fingerprint density at radius 3 is 1.57 bits per heavy atom. The molecule has 4 aromatic rings. The molecule has 0 saturated carbocycles. The molecule has 2 saturated heterocycles. The predicted octanol–water partition coefficient (Wildman–Crippen LogP) is 8.65. The number of benzene rings is 4.